The highest BCUT2D eigenvalue weighted by Gasteiger charge is 2.53. The minimum atomic E-state index is -0.388. The van der Waals surface area contributed by atoms with Crippen molar-refractivity contribution in [2.45, 2.75) is 31.8 Å². The maximum absolute atomic E-state index is 12.0. The van der Waals surface area contributed by atoms with E-state index in [9.17, 15) is 9.59 Å². The highest BCUT2D eigenvalue weighted by atomic mass is 35.5. The molecule has 0 unspecified atom stereocenters. The van der Waals surface area contributed by atoms with Crippen molar-refractivity contribution < 1.29 is 9.53 Å². The molecule has 0 radical (unpaired) electrons. The molecule has 1 aromatic carbocycles. The zero-order chi connectivity index (χ0) is 20.9. The van der Waals surface area contributed by atoms with E-state index in [-0.39, 0.29) is 22.5 Å². The average Bonchev–Trinajstić information content (AvgIpc) is 3.06. The van der Waals surface area contributed by atoms with Crippen LogP contribution in [0, 0.1) is 5.41 Å². The number of hydrogen-bond acceptors (Lipinski definition) is 6. The van der Waals surface area contributed by atoms with E-state index >= 15 is 0 Å². The maximum Gasteiger partial charge on any atom is 0.285 e. The third-order valence-electron chi connectivity index (χ3n) is 6.37. The molecule has 1 aromatic heterocycles. The molecule has 1 saturated carbocycles. The lowest BCUT2D eigenvalue weighted by atomic mass is 9.61. The largest absolute Gasteiger partial charge is 0.490 e. The molecule has 2 aliphatic carbocycles. The number of rotatable bonds is 6. The Bertz CT molecular complexity index is 1060. The van der Waals surface area contributed by atoms with Crippen LogP contribution in [-0.2, 0) is 6.42 Å². The van der Waals surface area contributed by atoms with Gasteiger partial charge in [0.2, 0.25) is 0 Å². The van der Waals surface area contributed by atoms with Crippen molar-refractivity contribution in [3.63, 3.8) is 0 Å². The first-order valence-electron chi connectivity index (χ1n) is 10.1. The fourth-order valence-electron chi connectivity index (χ4n) is 4.97. The van der Waals surface area contributed by atoms with Crippen LogP contribution in [0.15, 0.2) is 23.1 Å². The van der Waals surface area contributed by atoms with Crippen LogP contribution < -0.4 is 15.6 Å². The van der Waals surface area contributed by atoms with Gasteiger partial charge < -0.3 is 15.0 Å². The summed E-state index contributed by atoms with van der Waals surface area (Å²) < 4.78 is 6.23. The van der Waals surface area contributed by atoms with Gasteiger partial charge >= 0.3 is 0 Å². The predicted molar refractivity (Wildman–Crippen MR) is 115 cm³/mol. The molecule has 1 spiro atoms. The molecule has 9 heteroatoms. The number of carbonyl (C=O) groups is 1. The second-order valence-corrected chi connectivity index (χ2v) is 9.32. The third-order valence-corrected chi connectivity index (χ3v) is 7.06. The Kier molecular flexibility index (Phi) is 5.00. The van der Waals surface area contributed by atoms with Gasteiger partial charge in [0.1, 0.15) is 10.8 Å². The molecule has 2 heterocycles. The van der Waals surface area contributed by atoms with Crippen LogP contribution in [0.1, 0.15) is 35.2 Å². The van der Waals surface area contributed by atoms with Gasteiger partial charge in [-0.05, 0) is 31.4 Å². The summed E-state index contributed by atoms with van der Waals surface area (Å²) in [5, 5.41) is 9.90. The second kappa shape index (κ2) is 7.55. The summed E-state index contributed by atoms with van der Waals surface area (Å²) in [6.45, 7) is 3.68. The van der Waals surface area contributed by atoms with Crippen LogP contribution >= 0.6 is 23.2 Å². The molecule has 158 valence electrons. The average molecular weight is 449 g/mol. The number of ketones is 1. The number of nitrogens with zero attached hydrogens (tertiary/aromatic N) is 2. The zero-order valence-electron chi connectivity index (χ0n) is 16.3. The fraction of sp³-hybridized carbons (Fsp3) is 0.476. The Morgan fingerprint density at radius 3 is 2.83 bits per heavy atom. The smallest absolute Gasteiger partial charge is 0.285 e. The first kappa shape index (κ1) is 19.8. The van der Waals surface area contributed by atoms with E-state index in [0.717, 1.165) is 50.2 Å². The Labute approximate surface area is 183 Å². The van der Waals surface area contributed by atoms with E-state index in [1.165, 1.54) is 6.20 Å². The number of carbonyl (C=O) groups excluding carboxylic acids is 1. The number of ether oxygens (including phenoxy) is 1. The van der Waals surface area contributed by atoms with Gasteiger partial charge in [-0.15, -0.1) is 0 Å². The molecular formula is C21H22Cl2N4O3. The summed E-state index contributed by atoms with van der Waals surface area (Å²) in [5.74, 6) is 0.940. The van der Waals surface area contributed by atoms with E-state index in [1.54, 1.807) is 6.07 Å². The van der Waals surface area contributed by atoms with Crippen LogP contribution in [0.3, 0.4) is 0 Å². The molecular weight excluding hydrogens is 427 g/mol. The maximum atomic E-state index is 12.0. The van der Waals surface area contributed by atoms with E-state index in [2.05, 4.69) is 20.4 Å². The number of anilines is 1. The molecule has 30 heavy (non-hydrogen) atoms. The van der Waals surface area contributed by atoms with Gasteiger partial charge in [0, 0.05) is 49.1 Å². The van der Waals surface area contributed by atoms with Crippen molar-refractivity contribution in [1.82, 2.24) is 15.1 Å². The minimum absolute atomic E-state index is 0.117. The van der Waals surface area contributed by atoms with Gasteiger partial charge in [-0.2, -0.15) is 5.10 Å². The van der Waals surface area contributed by atoms with Crippen molar-refractivity contribution in [1.29, 1.82) is 0 Å². The fourth-order valence-corrected chi connectivity index (χ4v) is 5.41. The van der Waals surface area contributed by atoms with E-state index in [1.807, 2.05) is 6.07 Å². The van der Waals surface area contributed by atoms with E-state index in [0.29, 0.717) is 34.7 Å². The van der Waals surface area contributed by atoms with Crippen LogP contribution in [0.5, 0.6) is 5.75 Å². The van der Waals surface area contributed by atoms with Crippen LogP contribution in [0.4, 0.5) is 5.69 Å². The van der Waals surface area contributed by atoms with Crippen LogP contribution in [0.2, 0.25) is 10.0 Å². The summed E-state index contributed by atoms with van der Waals surface area (Å²) in [6, 6.07) is 3.67. The summed E-state index contributed by atoms with van der Waals surface area (Å²) >= 11 is 12.2. The molecule has 2 aromatic rings. The summed E-state index contributed by atoms with van der Waals surface area (Å²) in [5.41, 5.74) is 2.14. The van der Waals surface area contributed by atoms with Gasteiger partial charge in [0.15, 0.2) is 5.78 Å². The van der Waals surface area contributed by atoms with Gasteiger partial charge in [-0.1, -0.05) is 23.2 Å². The molecule has 0 atom stereocenters. The Hall–Kier alpha value is -2.09. The van der Waals surface area contributed by atoms with Crippen molar-refractivity contribution in [3.8, 4) is 5.75 Å². The van der Waals surface area contributed by atoms with Gasteiger partial charge in [-0.25, -0.2) is 5.10 Å². The van der Waals surface area contributed by atoms with Crippen molar-refractivity contribution in [2.24, 2.45) is 5.41 Å². The number of nitrogens with one attached hydrogen (secondary N) is 2. The summed E-state index contributed by atoms with van der Waals surface area (Å²) in [6.07, 6.45) is 5.03. The monoisotopic (exact) mass is 448 g/mol. The predicted octanol–water partition coefficient (Wildman–Crippen LogP) is 3.16. The number of benzene rings is 1. The molecule has 3 aliphatic rings. The number of aromatic nitrogens is 2. The quantitative estimate of drug-likeness (QED) is 0.705. The second-order valence-electron chi connectivity index (χ2n) is 8.53. The highest BCUT2D eigenvalue weighted by molar-refractivity contribution is 6.34. The zero-order valence-corrected chi connectivity index (χ0v) is 17.9. The standard InChI is InChI=1S/C21H22Cl2N4O3/c22-14-2-4-17(13-1-3-16(28)18(13)14)30-12-7-21(8-12)10-27(11-21)6-5-24-15-9-25-26-20(29)19(15)23/h2,4,9,12H,1,3,5-8,10-11H2,(H2,24,26,29). The summed E-state index contributed by atoms with van der Waals surface area (Å²) in [7, 11) is 0. The minimum Gasteiger partial charge on any atom is -0.490 e. The third kappa shape index (κ3) is 3.49. The number of fused-ring (bicyclic) bond motifs is 1. The molecule has 7 nitrogen and oxygen atoms in total. The van der Waals surface area contributed by atoms with Crippen LogP contribution in [-0.4, -0.2) is 53.2 Å². The van der Waals surface area contributed by atoms with Crippen molar-refractivity contribution in [2.75, 3.05) is 31.5 Å². The topological polar surface area (TPSA) is 87.3 Å². The number of hydrogen-bond donors (Lipinski definition) is 2. The Balaban J connectivity index is 1.09. The van der Waals surface area contributed by atoms with Crippen molar-refractivity contribution in [3.05, 3.63) is 49.9 Å². The molecule has 2 fully saturated rings. The van der Waals surface area contributed by atoms with E-state index < -0.39 is 0 Å². The Morgan fingerprint density at radius 2 is 2.03 bits per heavy atom. The number of aromatic amines is 1. The van der Waals surface area contributed by atoms with Gasteiger partial charge in [-0.3, -0.25) is 9.59 Å². The SMILES string of the molecule is O=C1CCc2c(OC3CC4(C3)CN(CCNc3cn[nH]c(=O)c3Cl)C4)ccc(Cl)c21. The number of halogens is 2. The summed E-state index contributed by atoms with van der Waals surface area (Å²) in [4.78, 5) is 25.9. The highest BCUT2D eigenvalue weighted by Crippen LogP contribution is 2.50. The molecule has 0 amide bonds. The molecule has 2 N–H and O–H groups in total. The molecule has 5 rings (SSSR count). The first-order chi connectivity index (χ1) is 14.4. The molecule has 1 aliphatic heterocycles. The Morgan fingerprint density at radius 1 is 1.23 bits per heavy atom. The molecule has 0 bridgehead atoms. The lowest BCUT2D eigenvalue weighted by Crippen LogP contribution is -2.65. The lowest BCUT2D eigenvalue weighted by Gasteiger charge is -2.58. The lowest BCUT2D eigenvalue weighted by molar-refractivity contribution is -0.117. The van der Waals surface area contributed by atoms with Crippen molar-refractivity contribution >= 4 is 34.7 Å². The normalized spacial score (nSPS) is 20.0. The van der Waals surface area contributed by atoms with Crippen LogP contribution in [0.25, 0.3) is 0 Å². The number of H-pyrrole nitrogens is 1. The number of likely N-dealkylation sites (tertiary alicyclic amines) is 1. The van der Waals surface area contributed by atoms with E-state index in [4.69, 9.17) is 27.9 Å². The van der Waals surface area contributed by atoms with Gasteiger partial charge in [0.05, 0.1) is 23.0 Å². The first-order valence-corrected chi connectivity index (χ1v) is 10.9. The molecule has 1 saturated heterocycles. The van der Waals surface area contributed by atoms with Gasteiger partial charge in [0.25, 0.3) is 5.56 Å². The number of Topliss-reactive ketones (excluding diaryl/α,β-unsaturated/α-hetero) is 1.